The highest BCUT2D eigenvalue weighted by Crippen LogP contribution is 2.39. The van der Waals surface area contributed by atoms with Gasteiger partial charge in [0.15, 0.2) is 0 Å². The van der Waals surface area contributed by atoms with Gasteiger partial charge in [0, 0.05) is 29.2 Å². The predicted octanol–water partition coefficient (Wildman–Crippen LogP) is 5.36. The molecule has 2 bridgehead atoms. The Balaban J connectivity index is 1.63. The highest BCUT2D eigenvalue weighted by molar-refractivity contribution is 6.30. The fraction of sp³-hybridized carbons (Fsp3) is 0.409. The molecule has 2 saturated heterocycles. The van der Waals surface area contributed by atoms with Crippen molar-refractivity contribution in [3.8, 4) is 11.1 Å². The molecular weight excluding hydrogens is 360 g/mol. The first-order valence-corrected chi connectivity index (χ1v) is 9.98. The lowest BCUT2D eigenvalue weighted by Gasteiger charge is -2.38. The normalized spacial score (nSPS) is 24.7. The first kappa shape index (κ1) is 18.3. The molecule has 2 aromatic carbocycles. The van der Waals surface area contributed by atoms with Crippen LogP contribution >= 0.6 is 11.6 Å². The van der Waals surface area contributed by atoms with E-state index in [0.29, 0.717) is 29.6 Å². The van der Waals surface area contributed by atoms with Crippen LogP contribution in [0.4, 0.5) is 10.5 Å². The predicted molar refractivity (Wildman–Crippen MR) is 110 cm³/mol. The molecule has 27 heavy (non-hydrogen) atoms. The number of carboxylic acid groups (broad SMARTS) is 1. The van der Waals surface area contributed by atoms with E-state index in [1.54, 1.807) is 0 Å². The van der Waals surface area contributed by atoms with E-state index in [9.17, 15) is 9.90 Å². The number of fused-ring (bicyclic) bond motifs is 2. The molecule has 2 aliphatic heterocycles. The molecule has 0 spiro atoms. The van der Waals surface area contributed by atoms with Crippen LogP contribution in [0.2, 0.25) is 5.02 Å². The van der Waals surface area contributed by atoms with E-state index in [4.69, 9.17) is 11.6 Å². The zero-order valence-electron chi connectivity index (χ0n) is 15.5. The van der Waals surface area contributed by atoms with E-state index in [1.807, 2.05) is 48.5 Å². The second kappa shape index (κ2) is 7.53. The zero-order valence-corrected chi connectivity index (χ0v) is 16.3. The summed E-state index contributed by atoms with van der Waals surface area (Å²) in [6, 6.07) is 16.5. The number of rotatable bonds is 4. The Morgan fingerprint density at radius 1 is 1.15 bits per heavy atom. The van der Waals surface area contributed by atoms with Crippen molar-refractivity contribution in [2.75, 3.05) is 18.5 Å². The quantitative estimate of drug-likeness (QED) is 0.771. The standard InChI is InChI=1S/C22H25ClN2O2/c1-24-18-9-10-19(24)12-15(11-18)14-25(22(26)27)21-8-3-2-7-20(21)16-5-4-6-17(23)13-16/h2-8,13,15,18-19H,9-12,14H2,1H3,(H,26,27)/t15-,18+,19-. The number of benzene rings is 2. The number of halogens is 1. The lowest BCUT2D eigenvalue weighted by Crippen LogP contribution is -2.44. The first-order chi connectivity index (χ1) is 13.0. The van der Waals surface area contributed by atoms with Gasteiger partial charge in [0.2, 0.25) is 0 Å². The minimum absolute atomic E-state index is 0.405. The summed E-state index contributed by atoms with van der Waals surface area (Å²) in [6.07, 6.45) is 3.75. The number of carbonyl (C=O) groups is 1. The van der Waals surface area contributed by atoms with Crippen molar-refractivity contribution in [3.05, 3.63) is 53.6 Å². The molecule has 0 radical (unpaired) electrons. The van der Waals surface area contributed by atoms with Gasteiger partial charge in [-0.2, -0.15) is 0 Å². The van der Waals surface area contributed by atoms with Gasteiger partial charge in [-0.3, -0.25) is 4.90 Å². The van der Waals surface area contributed by atoms with Crippen LogP contribution < -0.4 is 4.90 Å². The van der Waals surface area contributed by atoms with E-state index in [2.05, 4.69) is 11.9 Å². The van der Waals surface area contributed by atoms with Crippen LogP contribution in [-0.2, 0) is 0 Å². The van der Waals surface area contributed by atoms with E-state index in [1.165, 1.54) is 17.7 Å². The minimum Gasteiger partial charge on any atom is -0.465 e. The maximum Gasteiger partial charge on any atom is 0.411 e. The number of hydrogen-bond acceptors (Lipinski definition) is 2. The number of hydrogen-bond donors (Lipinski definition) is 1. The molecule has 2 heterocycles. The second-order valence-corrected chi connectivity index (χ2v) is 8.25. The Kier molecular flexibility index (Phi) is 5.11. The van der Waals surface area contributed by atoms with Crippen molar-refractivity contribution >= 4 is 23.4 Å². The molecule has 5 heteroatoms. The fourth-order valence-electron chi connectivity index (χ4n) is 4.82. The lowest BCUT2D eigenvalue weighted by atomic mass is 9.90. The van der Waals surface area contributed by atoms with Crippen molar-refractivity contribution in [3.63, 3.8) is 0 Å². The number of amides is 1. The van der Waals surface area contributed by atoms with Crippen LogP contribution in [0, 0.1) is 5.92 Å². The van der Waals surface area contributed by atoms with Gasteiger partial charge < -0.3 is 10.0 Å². The summed E-state index contributed by atoms with van der Waals surface area (Å²) in [4.78, 5) is 16.2. The van der Waals surface area contributed by atoms with E-state index in [0.717, 1.165) is 29.7 Å². The third-order valence-corrected chi connectivity index (χ3v) is 6.43. The SMILES string of the molecule is CN1[C@@H]2CC[C@H]1C[C@@H](CN(C(=O)O)c1ccccc1-c1cccc(Cl)c1)C2. The van der Waals surface area contributed by atoms with Gasteiger partial charge >= 0.3 is 6.09 Å². The molecule has 2 aliphatic rings. The van der Waals surface area contributed by atoms with Gasteiger partial charge in [0.25, 0.3) is 0 Å². The van der Waals surface area contributed by atoms with Crippen LogP contribution in [0.25, 0.3) is 11.1 Å². The van der Waals surface area contributed by atoms with E-state index in [-0.39, 0.29) is 0 Å². The van der Waals surface area contributed by atoms with Gasteiger partial charge in [0.1, 0.15) is 0 Å². The second-order valence-electron chi connectivity index (χ2n) is 7.81. The molecule has 1 amide bonds. The Morgan fingerprint density at radius 3 is 2.52 bits per heavy atom. The summed E-state index contributed by atoms with van der Waals surface area (Å²) < 4.78 is 0. The number of nitrogens with zero attached hydrogens (tertiary/aromatic N) is 2. The van der Waals surface area contributed by atoms with Crippen molar-refractivity contribution in [2.24, 2.45) is 5.92 Å². The molecule has 4 nitrogen and oxygen atoms in total. The Morgan fingerprint density at radius 2 is 1.85 bits per heavy atom. The summed E-state index contributed by atoms with van der Waals surface area (Å²) in [7, 11) is 2.21. The molecule has 2 fully saturated rings. The van der Waals surface area contributed by atoms with E-state index >= 15 is 0 Å². The topological polar surface area (TPSA) is 43.8 Å². The highest BCUT2D eigenvalue weighted by Gasteiger charge is 2.39. The summed E-state index contributed by atoms with van der Waals surface area (Å²) in [5.41, 5.74) is 2.57. The maximum absolute atomic E-state index is 12.2. The molecule has 0 aliphatic carbocycles. The molecule has 0 saturated carbocycles. The van der Waals surface area contributed by atoms with Crippen LogP contribution in [0.15, 0.2) is 48.5 Å². The third kappa shape index (κ3) is 3.69. The number of piperidine rings is 1. The molecule has 2 aromatic rings. The van der Waals surface area contributed by atoms with Gasteiger partial charge in [-0.25, -0.2) is 4.79 Å². The van der Waals surface area contributed by atoms with Crippen molar-refractivity contribution in [1.82, 2.24) is 4.90 Å². The average Bonchev–Trinajstić information content (AvgIpc) is 2.87. The van der Waals surface area contributed by atoms with Crippen molar-refractivity contribution < 1.29 is 9.90 Å². The highest BCUT2D eigenvalue weighted by atomic mass is 35.5. The van der Waals surface area contributed by atoms with Crippen molar-refractivity contribution in [1.29, 1.82) is 0 Å². The third-order valence-electron chi connectivity index (χ3n) is 6.20. The van der Waals surface area contributed by atoms with Crippen LogP contribution in [0.5, 0.6) is 0 Å². The molecular formula is C22H25ClN2O2. The molecule has 4 rings (SSSR count). The molecule has 3 atom stereocenters. The van der Waals surface area contributed by atoms with Gasteiger partial charge in [-0.1, -0.05) is 41.9 Å². The molecule has 0 aromatic heterocycles. The largest absolute Gasteiger partial charge is 0.465 e. The minimum atomic E-state index is -0.893. The van der Waals surface area contributed by atoms with Gasteiger partial charge in [0.05, 0.1) is 5.69 Å². The summed E-state index contributed by atoms with van der Waals surface area (Å²) in [6.45, 7) is 0.549. The Bertz CT molecular complexity index is 827. The van der Waals surface area contributed by atoms with Crippen LogP contribution in [0.1, 0.15) is 25.7 Å². The van der Waals surface area contributed by atoms with Crippen molar-refractivity contribution in [2.45, 2.75) is 37.8 Å². The maximum atomic E-state index is 12.2. The monoisotopic (exact) mass is 384 g/mol. The Hall–Kier alpha value is -2.04. The summed E-state index contributed by atoms with van der Waals surface area (Å²) >= 11 is 6.16. The smallest absolute Gasteiger partial charge is 0.411 e. The average molecular weight is 385 g/mol. The fourth-order valence-corrected chi connectivity index (χ4v) is 5.01. The van der Waals surface area contributed by atoms with Gasteiger partial charge in [-0.05, 0) is 62.4 Å². The zero-order chi connectivity index (χ0) is 19.0. The van der Waals surface area contributed by atoms with Gasteiger partial charge in [-0.15, -0.1) is 0 Å². The Labute approximate surface area is 165 Å². The number of anilines is 1. The molecule has 0 unspecified atom stereocenters. The van der Waals surface area contributed by atoms with Crippen LogP contribution in [0.3, 0.4) is 0 Å². The first-order valence-electron chi connectivity index (χ1n) is 9.60. The van der Waals surface area contributed by atoms with Crippen LogP contribution in [-0.4, -0.2) is 41.8 Å². The van der Waals surface area contributed by atoms with E-state index < -0.39 is 6.09 Å². The summed E-state index contributed by atoms with van der Waals surface area (Å²) in [5, 5.41) is 10.6. The summed E-state index contributed by atoms with van der Waals surface area (Å²) in [5.74, 6) is 0.405. The molecule has 1 N–H and O–H groups in total. The molecule has 142 valence electrons. The lowest BCUT2D eigenvalue weighted by molar-refractivity contribution is 0.134. The number of para-hydroxylation sites is 1.